The molecule has 6 heteroatoms. The molecule has 2 rings (SSSR count). The molecule has 2 heterocycles. The maximum Gasteiger partial charge on any atom is 0.345 e. The molecule has 88 valence electrons. The first-order valence-electron chi connectivity index (χ1n) is 4.51. The van der Waals surface area contributed by atoms with E-state index in [1.54, 1.807) is 23.6 Å². The summed E-state index contributed by atoms with van der Waals surface area (Å²) < 4.78 is 0. The monoisotopic (exact) mass is 251 g/mol. The molecule has 2 aromatic rings. The third kappa shape index (κ3) is 4.43. The standard InChI is InChI=1S/C6H5NO2.C5H4O2S/c8-6(9)5-2-1-3-7-4-5;6-5(7)4-2-1-3-8-4/h1-4H,(H,8,9);1-3H,(H,6,7). The summed E-state index contributed by atoms with van der Waals surface area (Å²) >= 11 is 1.23. The Kier molecular flexibility index (Phi) is 4.83. The molecular formula is C11H9NO4S. The van der Waals surface area contributed by atoms with Crippen LogP contribution in [-0.2, 0) is 0 Å². The van der Waals surface area contributed by atoms with Gasteiger partial charge in [0.15, 0.2) is 0 Å². The zero-order chi connectivity index (χ0) is 12.7. The van der Waals surface area contributed by atoms with Gasteiger partial charge in [-0.05, 0) is 23.6 Å². The van der Waals surface area contributed by atoms with E-state index in [-0.39, 0.29) is 5.56 Å². The molecule has 2 aromatic heterocycles. The second-order valence-corrected chi connectivity index (χ2v) is 3.78. The summed E-state index contributed by atoms with van der Waals surface area (Å²) in [6.07, 6.45) is 2.84. The van der Waals surface area contributed by atoms with Crippen molar-refractivity contribution in [2.24, 2.45) is 0 Å². The van der Waals surface area contributed by atoms with Crippen LogP contribution < -0.4 is 0 Å². The zero-order valence-electron chi connectivity index (χ0n) is 8.61. The van der Waals surface area contributed by atoms with E-state index >= 15 is 0 Å². The van der Waals surface area contributed by atoms with Crippen LogP contribution in [0.1, 0.15) is 20.0 Å². The lowest BCUT2D eigenvalue weighted by Gasteiger charge is -1.87. The molecule has 0 saturated heterocycles. The Hall–Kier alpha value is -2.21. The van der Waals surface area contributed by atoms with Crippen molar-refractivity contribution in [1.29, 1.82) is 0 Å². The topological polar surface area (TPSA) is 87.5 Å². The fraction of sp³-hybridized carbons (Fsp3) is 0. The molecule has 17 heavy (non-hydrogen) atoms. The third-order valence-corrected chi connectivity index (χ3v) is 2.50. The summed E-state index contributed by atoms with van der Waals surface area (Å²) in [5.74, 6) is -1.79. The second-order valence-electron chi connectivity index (χ2n) is 2.83. The summed E-state index contributed by atoms with van der Waals surface area (Å²) in [6.45, 7) is 0. The summed E-state index contributed by atoms with van der Waals surface area (Å²) in [6, 6.07) is 6.37. The molecule has 0 spiro atoms. The molecule has 0 aliphatic carbocycles. The molecule has 0 saturated carbocycles. The minimum atomic E-state index is -0.942. The number of aromatic nitrogens is 1. The van der Waals surface area contributed by atoms with Crippen LogP contribution in [0.25, 0.3) is 0 Å². The molecule has 2 N–H and O–H groups in total. The number of aromatic carboxylic acids is 2. The quantitative estimate of drug-likeness (QED) is 0.854. The number of thiophene rings is 1. The van der Waals surface area contributed by atoms with Gasteiger partial charge in [0.1, 0.15) is 4.88 Å². The van der Waals surface area contributed by atoms with E-state index in [1.165, 1.54) is 29.8 Å². The van der Waals surface area contributed by atoms with Gasteiger partial charge in [-0.25, -0.2) is 9.59 Å². The first-order chi connectivity index (χ1) is 8.11. The van der Waals surface area contributed by atoms with Gasteiger partial charge in [-0.1, -0.05) is 6.07 Å². The van der Waals surface area contributed by atoms with E-state index in [0.29, 0.717) is 4.88 Å². The summed E-state index contributed by atoms with van der Waals surface area (Å²) in [4.78, 5) is 24.3. The molecule has 0 bridgehead atoms. The maximum absolute atomic E-state index is 10.2. The van der Waals surface area contributed by atoms with Gasteiger partial charge in [0, 0.05) is 12.4 Å². The normalized spacial score (nSPS) is 8.94. The van der Waals surface area contributed by atoms with Gasteiger partial charge in [0.05, 0.1) is 5.56 Å². The van der Waals surface area contributed by atoms with Crippen LogP contribution in [0.15, 0.2) is 42.0 Å². The Morgan fingerprint density at radius 3 is 2.18 bits per heavy atom. The SMILES string of the molecule is O=C(O)c1cccnc1.O=C(O)c1cccs1. The van der Waals surface area contributed by atoms with Crippen LogP contribution >= 0.6 is 11.3 Å². The van der Waals surface area contributed by atoms with Crippen molar-refractivity contribution in [2.75, 3.05) is 0 Å². The van der Waals surface area contributed by atoms with Crippen LogP contribution in [0.2, 0.25) is 0 Å². The minimum Gasteiger partial charge on any atom is -0.478 e. The van der Waals surface area contributed by atoms with E-state index in [4.69, 9.17) is 10.2 Å². The van der Waals surface area contributed by atoms with Crippen LogP contribution in [0.5, 0.6) is 0 Å². The highest BCUT2D eigenvalue weighted by molar-refractivity contribution is 7.11. The van der Waals surface area contributed by atoms with Gasteiger partial charge in [-0.3, -0.25) is 4.98 Å². The van der Waals surface area contributed by atoms with Crippen molar-refractivity contribution in [2.45, 2.75) is 0 Å². The fourth-order valence-electron chi connectivity index (χ4n) is 0.890. The van der Waals surface area contributed by atoms with Crippen molar-refractivity contribution < 1.29 is 19.8 Å². The summed E-state index contributed by atoms with van der Waals surface area (Å²) in [7, 11) is 0. The smallest absolute Gasteiger partial charge is 0.345 e. The first-order valence-corrected chi connectivity index (χ1v) is 5.39. The van der Waals surface area contributed by atoms with Crippen LogP contribution in [0, 0.1) is 0 Å². The van der Waals surface area contributed by atoms with Crippen LogP contribution in [-0.4, -0.2) is 27.1 Å². The van der Waals surface area contributed by atoms with Gasteiger partial charge < -0.3 is 10.2 Å². The van der Waals surface area contributed by atoms with Crippen LogP contribution in [0.3, 0.4) is 0 Å². The predicted octanol–water partition coefficient (Wildman–Crippen LogP) is 2.23. The number of carboxylic acids is 2. The Bertz CT molecular complexity index is 481. The average molecular weight is 251 g/mol. The maximum atomic E-state index is 10.2. The fourth-order valence-corrected chi connectivity index (χ4v) is 1.45. The van der Waals surface area contributed by atoms with E-state index in [1.807, 2.05) is 0 Å². The van der Waals surface area contributed by atoms with Gasteiger partial charge in [0.25, 0.3) is 0 Å². The lowest BCUT2D eigenvalue weighted by molar-refractivity contribution is 0.0688. The van der Waals surface area contributed by atoms with Gasteiger partial charge in [0.2, 0.25) is 0 Å². The number of carbonyl (C=O) groups is 2. The number of hydrogen-bond donors (Lipinski definition) is 2. The number of hydrogen-bond acceptors (Lipinski definition) is 4. The Labute approximate surface area is 101 Å². The molecule has 0 amide bonds. The van der Waals surface area contributed by atoms with E-state index in [9.17, 15) is 9.59 Å². The highest BCUT2D eigenvalue weighted by Crippen LogP contribution is 2.06. The van der Waals surface area contributed by atoms with Crippen LogP contribution in [0.4, 0.5) is 0 Å². The molecule has 0 aliphatic heterocycles. The molecule has 0 unspecified atom stereocenters. The largest absolute Gasteiger partial charge is 0.478 e. The van der Waals surface area contributed by atoms with Gasteiger partial charge >= 0.3 is 11.9 Å². The molecule has 0 aromatic carbocycles. The van der Waals surface area contributed by atoms with Crippen molar-refractivity contribution in [3.8, 4) is 0 Å². The average Bonchev–Trinajstić information content (AvgIpc) is 2.84. The minimum absolute atomic E-state index is 0.220. The Morgan fingerprint density at radius 2 is 1.88 bits per heavy atom. The summed E-state index contributed by atoms with van der Waals surface area (Å²) in [5.41, 5.74) is 0.220. The number of nitrogens with zero attached hydrogens (tertiary/aromatic N) is 1. The lowest BCUT2D eigenvalue weighted by atomic mass is 10.3. The Balaban J connectivity index is 0.000000171. The highest BCUT2D eigenvalue weighted by Gasteiger charge is 1.99. The number of pyridine rings is 1. The second kappa shape index (κ2) is 6.39. The van der Waals surface area contributed by atoms with Crippen molar-refractivity contribution in [1.82, 2.24) is 4.98 Å². The molecule has 0 atom stereocenters. The van der Waals surface area contributed by atoms with Crippen molar-refractivity contribution in [3.63, 3.8) is 0 Å². The van der Waals surface area contributed by atoms with E-state index in [0.717, 1.165) is 0 Å². The van der Waals surface area contributed by atoms with Crippen molar-refractivity contribution in [3.05, 3.63) is 52.5 Å². The molecule has 0 aliphatic rings. The predicted molar refractivity (Wildman–Crippen MR) is 62.5 cm³/mol. The molecular weight excluding hydrogens is 242 g/mol. The van der Waals surface area contributed by atoms with Crippen molar-refractivity contribution >= 4 is 23.3 Å². The van der Waals surface area contributed by atoms with Gasteiger partial charge in [-0.15, -0.1) is 11.3 Å². The Morgan fingerprint density at radius 1 is 1.12 bits per heavy atom. The number of rotatable bonds is 2. The van der Waals surface area contributed by atoms with E-state index < -0.39 is 11.9 Å². The highest BCUT2D eigenvalue weighted by atomic mass is 32.1. The zero-order valence-corrected chi connectivity index (χ0v) is 9.42. The molecule has 5 nitrogen and oxygen atoms in total. The van der Waals surface area contributed by atoms with E-state index in [2.05, 4.69) is 4.98 Å². The molecule has 0 fully saturated rings. The van der Waals surface area contributed by atoms with Gasteiger partial charge in [-0.2, -0.15) is 0 Å². The lowest BCUT2D eigenvalue weighted by Crippen LogP contribution is -1.94. The summed E-state index contributed by atoms with van der Waals surface area (Å²) in [5, 5.41) is 18.4. The third-order valence-electron chi connectivity index (χ3n) is 1.64. The first kappa shape index (κ1) is 12.9. The molecule has 0 radical (unpaired) electrons. The number of carboxylic acid groups (broad SMARTS) is 2.